The number of carboxylic acid groups (broad SMARTS) is 1. The second-order valence-corrected chi connectivity index (χ2v) is 4.05. The van der Waals surface area contributed by atoms with Crippen molar-refractivity contribution < 1.29 is 9.90 Å². The van der Waals surface area contributed by atoms with Crippen molar-refractivity contribution in [2.45, 2.75) is 20.4 Å². The number of carbonyl (C=O) groups is 1. The molecule has 1 aromatic heterocycles. The Balaban J connectivity index is 2.29. The van der Waals surface area contributed by atoms with Gasteiger partial charge >= 0.3 is 5.97 Å². The second-order valence-electron chi connectivity index (χ2n) is 4.05. The van der Waals surface area contributed by atoms with Crippen LogP contribution in [0, 0.1) is 13.8 Å². The van der Waals surface area contributed by atoms with Crippen LogP contribution < -0.4 is 0 Å². The van der Waals surface area contributed by atoms with Gasteiger partial charge in [0.2, 0.25) is 0 Å². The van der Waals surface area contributed by atoms with Crippen LogP contribution >= 0.6 is 0 Å². The van der Waals surface area contributed by atoms with E-state index in [9.17, 15) is 4.79 Å². The van der Waals surface area contributed by atoms with Crippen LogP contribution in [0.25, 0.3) is 0 Å². The Kier molecular flexibility index (Phi) is 2.95. The lowest BCUT2D eigenvalue weighted by Gasteiger charge is -2.09. The highest BCUT2D eigenvalue weighted by atomic mass is 16.4. The minimum absolute atomic E-state index is 0.327. The van der Waals surface area contributed by atoms with E-state index in [1.807, 2.05) is 30.7 Å². The van der Waals surface area contributed by atoms with Gasteiger partial charge in [-0.1, -0.05) is 6.07 Å². The van der Waals surface area contributed by atoms with Crippen LogP contribution in [0.5, 0.6) is 0 Å². The molecule has 17 heavy (non-hydrogen) atoms. The fourth-order valence-corrected chi connectivity index (χ4v) is 1.76. The van der Waals surface area contributed by atoms with E-state index >= 15 is 0 Å². The van der Waals surface area contributed by atoms with Gasteiger partial charge in [0.25, 0.3) is 0 Å². The summed E-state index contributed by atoms with van der Waals surface area (Å²) in [6.07, 6.45) is 3.68. The molecule has 0 bridgehead atoms. The first kappa shape index (κ1) is 11.4. The molecule has 1 N–H and O–H groups in total. The van der Waals surface area contributed by atoms with E-state index in [1.165, 1.54) is 0 Å². The quantitative estimate of drug-likeness (QED) is 0.879. The summed E-state index contributed by atoms with van der Waals surface area (Å²) in [5, 5.41) is 8.89. The average Bonchev–Trinajstić information content (AvgIpc) is 2.67. The highest BCUT2D eigenvalue weighted by Crippen LogP contribution is 2.13. The first-order valence-corrected chi connectivity index (χ1v) is 5.38. The summed E-state index contributed by atoms with van der Waals surface area (Å²) in [6, 6.07) is 5.19. The Morgan fingerprint density at radius 1 is 1.41 bits per heavy atom. The molecule has 88 valence electrons. The number of benzene rings is 1. The molecule has 4 heteroatoms. The number of aromatic nitrogens is 2. The molecule has 0 spiro atoms. The number of rotatable bonds is 3. The molecule has 0 aliphatic rings. The van der Waals surface area contributed by atoms with Crippen LogP contribution in [0.1, 0.15) is 27.3 Å². The number of aryl methyl sites for hydroxylation is 2. The molecule has 0 unspecified atom stereocenters. The normalized spacial score (nSPS) is 10.5. The minimum Gasteiger partial charge on any atom is -0.478 e. The van der Waals surface area contributed by atoms with Gasteiger partial charge in [-0.05, 0) is 37.1 Å². The highest BCUT2D eigenvalue weighted by molar-refractivity contribution is 5.87. The fraction of sp³-hybridized carbons (Fsp3) is 0.231. The molecule has 1 aromatic carbocycles. The van der Waals surface area contributed by atoms with E-state index in [0.29, 0.717) is 5.56 Å². The van der Waals surface area contributed by atoms with Crippen molar-refractivity contribution in [1.29, 1.82) is 0 Å². The summed E-state index contributed by atoms with van der Waals surface area (Å²) in [5.74, 6) is 0.0603. The topological polar surface area (TPSA) is 55.1 Å². The van der Waals surface area contributed by atoms with Crippen LogP contribution in [0.2, 0.25) is 0 Å². The van der Waals surface area contributed by atoms with Gasteiger partial charge in [0.05, 0.1) is 5.56 Å². The molecule has 0 saturated carbocycles. The van der Waals surface area contributed by atoms with Gasteiger partial charge in [-0.25, -0.2) is 9.78 Å². The molecule has 0 aliphatic carbocycles. The largest absolute Gasteiger partial charge is 0.478 e. The Morgan fingerprint density at radius 3 is 2.71 bits per heavy atom. The predicted octanol–water partition coefficient (Wildman–Crippen LogP) is 2.25. The van der Waals surface area contributed by atoms with E-state index in [4.69, 9.17) is 5.11 Å². The van der Waals surface area contributed by atoms with Crippen molar-refractivity contribution in [3.8, 4) is 0 Å². The summed E-state index contributed by atoms with van der Waals surface area (Å²) in [7, 11) is 0. The van der Waals surface area contributed by atoms with Crippen LogP contribution in [0.4, 0.5) is 0 Å². The zero-order valence-electron chi connectivity index (χ0n) is 9.84. The van der Waals surface area contributed by atoms with E-state index in [-0.39, 0.29) is 0 Å². The highest BCUT2D eigenvalue weighted by Gasteiger charge is 2.06. The monoisotopic (exact) mass is 230 g/mol. The standard InChI is InChI=1S/C13H14N2O2/c1-9-7-11(13(16)17)3-4-12(9)8-15-6-5-14-10(15)2/h3-7H,8H2,1-2H3,(H,16,17). The lowest BCUT2D eigenvalue weighted by molar-refractivity contribution is 0.0697. The molecular formula is C13H14N2O2. The fourth-order valence-electron chi connectivity index (χ4n) is 1.76. The minimum atomic E-state index is -0.890. The lowest BCUT2D eigenvalue weighted by Crippen LogP contribution is -2.04. The molecule has 0 aliphatic heterocycles. The van der Waals surface area contributed by atoms with Crippen molar-refractivity contribution >= 4 is 5.97 Å². The summed E-state index contributed by atoms with van der Waals surface area (Å²) < 4.78 is 2.03. The Bertz CT molecular complexity index is 558. The van der Waals surface area contributed by atoms with E-state index in [1.54, 1.807) is 18.3 Å². The zero-order valence-corrected chi connectivity index (χ0v) is 9.84. The van der Waals surface area contributed by atoms with Gasteiger partial charge in [-0.3, -0.25) is 0 Å². The Labute approximate surface area is 99.5 Å². The van der Waals surface area contributed by atoms with Gasteiger partial charge < -0.3 is 9.67 Å². The molecule has 0 amide bonds. The molecule has 1 heterocycles. The van der Waals surface area contributed by atoms with Crippen LogP contribution in [-0.4, -0.2) is 20.6 Å². The molecule has 0 saturated heterocycles. The number of nitrogens with zero attached hydrogens (tertiary/aromatic N) is 2. The molecule has 0 fully saturated rings. The number of carboxylic acids is 1. The maximum absolute atomic E-state index is 10.8. The van der Waals surface area contributed by atoms with E-state index < -0.39 is 5.97 Å². The number of imidazole rings is 1. The van der Waals surface area contributed by atoms with Crippen molar-refractivity contribution in [2.75, 3.05) is 0 Å². The SMILES string of the molecule is Cc1cc(C(=O)O)ccc1Cn1ccnc1C. The van der Waals surface area contributed by atoms with Crippen molar-refractivity contribution in [1.82, 2.24) is 9.55 Å². The molecular weight excluding hydrogens is 216 g/mol. The lowest BCUT2D eigenvalue weighted by atomic mass is 10.1. The maximum Gasteiger partial charge on any atom is 0.335 e. The van der Waals surface area contributed by atoms with Crippen molar-refractivity contribution in [2.24, 2.45) is 0 Å². The molecule has 0 radical (unpaired) electrons. The molecule has 0 atom stereocenters. The van der Waals surface area contributed by atoms with Crippen LogP contribution in [-0.2, 0) is 6.54 Å². The van der Waals surface area contributed by atoms with Gasteiger partial charge in [-0.15, -0.1) is 0 Å². The van der Waals surface area contributed by atoms with E-state index in [0.717, 1.165) is 23.5 Å². The summed E-state index contributed by atoms with van der Waals surface area (Å²) in [5.41, 5.74) is 2.42. The number of hydrogen-bond donors (Lipinski definition) is 1. The second kappa shape index (κ2) is 4.41. The smallest absolute Gasteiger partial charge is 0.335 e. The van der Waals surface area contributed by atoms with Gasteiger partial charge in [0.1, 0.15) is 5.82 Å². The third-order valence-corrected chi connectivity index (χ3v) is 2.85. The third kappa shape index (κ3) is 2.36. The Morgan fingerprint density at radius 2 is 2.18 bits per heavy atom. The first-order chi connectivity index (χ1) is 8.08. The zero-order chi connectivity index (χ0) is 12.4. The van der Waals surface area contributed by atoms with Gasteiger partial charge in [0, 0.05) is 18.9 Å². The van der Waals surface area contributed by atoms with Gasteiger partial charge in [-0.2, -0.15) is 0 Å². The van der Waals surface area contributed by atoms with Crippen LogP contribution in [0.15, 0.2) is 30.6 Å². The number of aromatic carboxylic acids is 1. The third-order valence-electron chi connectivity index (χ3n) is 2.85. The maximum atomic E-state index is 10.8. The summed E-state index contributed by atoms with van der Waals surface area (Å²) >= 11 is 0. The summed E-state index contributed by atoms with van der Waals surface area (Å²) in [4.78, 5) is 15.0. The molecule has 2 aromatic rings. The number of hydrogen-bond acceptors (Lipinski definition) is 2. The molecule has 2 rings (SSSR count). The van der Waals surface area contributed by atoms with Crippen molar-refractivity contribution in [3.05, 3.63) is 53.1 Å². The van der Waals surface area contributed by atoms with Crippen LogP contribution in [0.3, 0.4) is 0 Å². The van der Waals surface area contributed by atoms with Crippen molar-refractivity contribution in [3.63, 3.8) is 0 Å². The predicted molar refractivity (Wildman–Crippen MR) is 64.2 cm³/mol. The first-order valence-electron chi connectivity index (χ1n) is 5.38. The summed E-state index contributed by atoms with van der Waals surface area (Å²) in [6.45, 7) is 4.59. The average molecular weight is 230 g/mol. The Hall–Kier alpha value is -2.10. The van der Waals surface area contributed by atoms with E-state index in [2.05, 4.69) is 4.98 Å². The van der Waals surface area contributed by atoms with Gasteiger partial charge in [0.15, 0.2) is 0 Å². The molecule has 4 nitrogen and oxygen atoms in total.